The summed E-state index contributed by atoms with van der Waals surface area (Å²) in [7, 11) is 0. The van der Waals surface area contributed by atoms with Gasteiger partial charge in [-0.2, -0.15) is 13.2 Å². The maximum atomic E-state index is 12.1. The van der Waals surface area contributed by atoms with E-state index < -0.39 is 11.9 Å². The lowest BCUT2D eigenvalue weighted by atomic mass is 10.2. The molecule has 0 unspecified atom stereocenters. The second-order valence-electron chi connectivity index (χ2n) is 3.95. The average molecular weight is 317 g/mol. The van der Waals surface area contributed by atoms with Gasteiger partial charge in [-0.3, -0.25) is 10.2 Å². The van der Waals surface area contributed by atoms with Gasteiger partial charge in [0.05, 0.1) is 11.9 Å². The lowest BCUT2D eigenvalue weighted by Crippen LogP contribution is -2.19. The Morgan fingerprint density at radius 2 is 2.19 bits per heavy atom. The first-order valence-electron chi connectivity index (χ1n) is 5.98. The van der Waals surface area contributed by atoms with Gasteiger partial charge in [0.15, 0.2) is 5.78 Å². The first kappa shape index (κ1) is 17.2. The Labute approximate surface area is 124 Å². The highest BCUT2D eigenvalue weighted by atomic mass is 32.2. The molecule has 0 aliphatic carbocycles. The zero-order valence-electron chi connectivity index (χ0n) is 11.4. The van der Waals surface area contributed by atoms with E-state index in [1.807, 2.05) is 6.92 Å². The van der Waals surface area contributed by atoms with Crippen molar-refractivity contribution in [2.75, 3.05) is 11.1 Å². The Balaban J connectivity index is 2.86. The number of nitrogens with zero attached hydrogens (tertiary/aromatic N) is 1. The van der Waals surface area contributed by atoms with E-state index in [4.69, 9.17) is 5.41 Å². The summed E-state index contributed by atoms with van der Waals surface area (Å²) >= 11 is 1.42. The van der Waals surface area contributed by atoms with Crippen LogP contribution in [-0.4, -0.2) is 28.4 Å². The molecule has 0 aliphatic rings. The van der Waals surface area contributed by atoms with Gasteiger partial charge in [0.1, 0.15) is 11.4 Å². The molecule has 114 valence electrons. The van der Waals surface area contributed by atoms with Crippen LogP contribution in [-0.2, 0) is 0 Å². The van der Waals surface area contributed by atoms with Gasteiger partial charge in [-0.25, -0.2) is 4.98 Å². The van der Waals surface area contributed by atoms with Crippen LogP contribution in [0, 0.1) is 5.41 Å². The van der Waals surface area contributed by atoms with Gasteiger partial charge in [0.25, 0.3) is 0 Å². The molecular formula is C13H14F3N3OS. The summed E-state index contributed by atoms with van der Waals surface area (Å²) in [5.41, 5.74) is -0.673. The molecule has 8 heteroatoms. The molecule has 0 amide bonds. The molecule has 0 saturated heterocycles. The van der Waals surface area contributed by atoms with E-state index in [1.165, 1.54) is 24.9 Å². The minimum absolute atomic E-state index is 0.174. The molecule has 0 bridgehead atoms. The van der Waals surface area contributed by atoms with E-state index in [2.05, 4.69) is 10.3 Å². The number of anilines is 1. The quantitative estimate of drug-likeness (QED) is 0.474. The summed E-state index contributed by atoms with van der Waals surface area (Å²) in [6, 6.07) is 1.64. The largest absolute Gasteiger partial charge is 0.432 e. The number of hydrogen-bond donors (Lipinski definition) is 2. The molecule has 1 heterocycles. The van der Waals surface area contributed by atoms with Crippen LogP contribution in [0.3, 0.4) is 0 Å². The molecule has 0 atom stereocenters. The summed E-state index contributed by atoms with van der Waals surface area (Å²) < 4.78 is 36.4. The van der Waals surface area contributed by atoms with Crippen LogP contribution < -0.4 is 5.32 Å². The fourth-order valence-corrected chi connectivity index (χ4v) is 2.22. The number of nitrogens with one attached hydrogen (secondary N) is 2. The maximum Gasteiger partial charge on any atom is 0.432 e. The number of thioether (sulfide) groups is 1. The van der Waals surface area contributed by atoms with Gasteiger partial charge in [-0.1, -0.05) is 6.92 Å². The first-order valence-corrected chi connectivity index (χ1v) is 6.97. The van der Waals surface area contributed by atoms with Crippen molar-refractivity contribution in [1.82, 2.24) is 4.98 Å². The molecule has 0 aromatic carbocycles. The fraction of sp³-hybridized carbons (Fsp3) is 0.308. The van der Waals surface area contributed by atoms with Crippen LogP contribution in [0.4, 0.5) is 18.9 Å². The fourth-order valence-electron chi connectivity index (χ4n) is 1.37. The van der Waals surface area contributed by atoms with Crippen LogP contribution in [0.15, 0.2) is 29.4 Å². The van der Waals surface area contributed by atoms with E-state index in [0.29, 0.717) is 22.4 Å². The monoisotopic (exact) mass is 317 g/mol. The number of carbonyl (C=O) groups excluding carboxylic acids is 1. The van der Waals surface area contributed by atoms with Crippen LogP contribution in [0.2, 0.25) is 0 Å². The number of carbonyl (C=O) groups is 1. The Bertz CT molecular complexity index is 570. The third kappa shape index (κ3) is 5.22. The highest BCUT2D eigenvalue weighted by Crippen LogP contribution is 2.25. The number of alkyl halides is 3. The predicted molar refractivity (Wildman–Crippen MR) is 77.2 cm³/mol. The Kier molecular flexibility index (Phi) is 5.95. The summed E-state index contributed by atoms with van der Waals surface area (Å²) in [4.78, 5) is 16.1. The van der Waals surface area contributed by atoms with Crippen molar-refractivity contribution in [3.05, 3.63) is 30.2 Å². The van der Waals surface area contributed by atoms with E-state index in [0.717, 1.165) is 12.0 Å². The minimum atomic E-state index is -4.67. The number of Topliss-reactive ketones (excluding diaryl/α,β-unsaturated/α-hetero) is 1. The van der Waals surface area contributed by atoms with Crippen molar-refractivity contribution >= 4 is 28.9 Å². The van der Waals surface area contributed by atoms with Crippen molar-refractivity contribution in [1.29, 1.82) is 5.41 Å². The van der Waals surface area contributed by atoms with Crippen LogP contribution in [0.1, 0.15) is 24.3 Å². The smallest absolute Gasteiger partial charge is 0.360 e. The van der Waals surface area contributed by atoms with Gasteiger partial charge >= 0.3 is 6.18 Å². The summed E-state index contributed by atoms with van der Waals surface area (Å²) in [6.07, 6.45) is -1.68. The third-order valence-electron chi connectivity index (χ3n) is 2.29. The number of halogens is 3. The molecule has 1 aromatic heterocycles. The van der Waals surface area contributed by atoms with Crippen molar-refractivity contribution in [2.24, 2.45) is 0 Å². The van der Waals surface area contributed by atoms with Crippen molar-refractivity contribution < 1.29 is 18.0 Å². The molecule has 1 aromatic rings. The summed E-state index contributed by atoms with van der Waals surface area (Å²) in [5.74, 6) is 0.562. The van der Waals surface area contributed by atoms with Gasteiger partial charge in [-0.15, -0.1) is 11.8 Å². The molecule has 0 spiro atoms. The van der Waals surface area contributed by atoms with E-state index in [1.54, 1.807) is 6.07 Å². The van der Waals surface area contributed by atoms with Crippen molar-refractivity contribution in [2.45, 2.75) is 24.9 Å². The lowest BCUT2D eigenvalue weighted by Gasteiger charge is -2.08. The lowest BCUT2D eigenvalue weighted by molar-refractivity contribution is -0.0584. The second-order valence-corrected chi connectivity index (χ2v) is 5.25. The van der Waals surface area contributed by atoms with E-state index >= 15 is 0 Å². The SMILES string of the molecule is CCSc1cc(N/C=C\C(=N)C(F)(F)F)cnc1C(C)=O. The normalized spacial score (nSPS) is 11.7. The molecule has 4 nitrogen and oxygen atoms in total. The van der Waals surface area contributed by atoms with Gasteiger partial charge in [-0.05, 0) is 17.9 Å². The van der Waals surface area contributed by atoms with Crippen LogP contribution in [0.5, 0.6) is 0 Å². The number of allylic oxidation sites excluding steroid dienone is 1. The molecule has 0 radical (unpaired) electrons. The molecule has 0 fully saturated rings. The zero-order valence-corrected chi connectivity index (χ0v) is 12.2. The van der Waals surface area contributed by atoms with Crippen LogP contribution >= 0.6 is 11.8 Å². The summed E-state index contributed by atoms with van der Waals surface area (Å²) in [5, 5.41) is 9.39. The molecule has 0 saturated carbocycles. The van der Waals surface area contributed by atoms with Crippen molar-refractivity contribution in [3.8, 4) is 0 Å². The number of pyridine rings is 1. The summed E-state index contributed by atoms with van der Waals surface area (Å²) in [6.45, 7) is 3.32. The highest BCUT2D eigenvalue weighted by molar-refractivity contribution is 7.99. The Morgan fingerprint density at radius 3 is 2.71 bits per heavy atom. The van der Waals surface area contributed by atoms with Gasteiger partial charge in [0, 0.05) is 18.0 Å². The minimum Gasteiger partial charge on any atom is -0.360 e. The average Bonchev–Trinajstić information content (AvgIpc) is 2.37. The highest BCUT2D eigenvalue weighted by Gasteiger charge is 2.32. The van der Waals surface area contributed by atoms with E-state index in [-0.39, 0.29) is 5.78 Å². The molecule has 2 N–H and O–H groups in total. The van der Waals surface area contributed by atoms with E-state index in [9.17, 15) is 18.0 Å². The predicted octanol–water partition coefficient (Wildman–Crippen LogP) is 3.90. The van der Waals surface area contributed by atoms with Crippen molar-refractivity contribution in [3.63, 3.8) is 0 Å². The molecule has 1 rings (SSSR count). The maximum absolute atomic E-state index is 12.1. The van der Waals surface area contributed by atoms with Gasteiger partial charge < -0.3 is 5.32 Å². The standard InChI is InChI=1S/C13H14F3N3OS/c1-3-21-10-6-9(7-19-12(10)8(2)20)18-5-4-11(17)13(14,15)16/h4-7,17-18H,3H2,1-2H3/b5-4-,17-11?. The zero-order chi connectivity index (χ0) is 16.0. The van der Waals surface area contributed by atoms with Crippen LogP contribution in [0.25, 0.3) is 0 Å². The topological polar surface area (TPSA) is 65.8 Å². The molecular weight excluding hydrogens is 303 g/mol. The Hall–Kier alpha value is -1.83. The number of rotatable bonds is 6. The second kappa shape index (κ2) is 7.26. The first-order chi connectivity index (χ1) is 9.75. The number of hydrogen-bond acceptors (Lipinski definition) is 5. The number of ketones is 1. The molecule has 21 heavy (non-hydrogen) atoms. The molecule has 0 aliphatic heterocycles. The Morgan fingerprint density at radius 1 is 1.52 bits per heavy atom. The number of aromatic nitrogens is 1. The third-order valence-corrected chi connectivity index (χ3v) is 3.20. The van der Waals surface area contributed by atoms with Gasteiger partial charge in [0.2, 0.25) is 0 Å².